The molecule has 1 aliphatic rings. The number of aromatic nitrogens is 4. The number of aromatic amines is 1. The molecule has 3 unspecified atom stereocenters. The minimum Gasteiger partial charge on any atom is -0.387 e. The van der Waals surface area contributed by atoms with E-state index in [4.69, 9.17) is 19.5 Å². The molecule has 0 aliphatic carbocycles. The summed E-state index contributed by atoms with van der Waals surface area (Å²) >= 11 is 0. The quantitative estimate of drug-likeness (QED) is 0.0642. The van der Waals surface area contributed by atoms with E-state index in [0.29, 0.717) is 6.42 Å². The van der Waals surface area contributed by atoms with Gasteiger partial charge in [0, 0.05) is 6.42 Å². The molecule has 264 valence electrons. The van der Waals surface area contributed by atoms with E-state index in [-0.39, 0.29) is 54.9 Å². The fraction of sp³-hybridized carbons (Fsp3) is 0.379. The van der Waals surface area contributed by atoms with Gasteiger partial charge in [-0.05, 0) is 30.4 Å². The van der Waals surface area contributed by atoms with Crippen LogP contribution in [-0.2, 0) is 38.4 Å². The first-order chi connectivity index (χ1) is 23.3. The Kier molecular flexibility index (Phi) is 11.8. The highest BCUT2D eigenvalue weighted by atomic mass is 31.3. The lowest BCUT2D eigenvalue weighted by Gasteiger charge is -2.20. The van der Waals surface area contributed by atoms with Crippen LogP contribution in [0.15, 0.2) is 71.8 Å². The number of amides is 1. The zero-order valence-corrected chi connectivity index (χ0v) is 27.6. The van der Waals surface area contributed by atoms with Gasteiger partial charge in [0.05, 0.1) is 25.6 Å². The van der Waals surface area contributed by atoms with Crippen molar-refractivity contribution in [1.82, 2.24) is 24.8 Å². The highest BCUT2D eigenvalue weighted by molar-refractivity contribution is 7.61. The Bertz CT molecular complexity index is 1880. The minimum absolute atomic E-state index is 0.0614. The number of unbranched alkanes of at least 4 members (excludes halogenated alkanes) is 1. The van der Waals surface area contributed by atoms with Crippen LogP contribution in [-0.4, -0.2) is 77.0 Å². The maximum Gasteiger partial charge on any atom is 0.481 e. The van der Waals surface area contributed by atoms with Crippen molar-refractivity contribution in [3.05, 3.63) is 88.5 Å². The average Bonchev–Trinajstić information content (AvgIpc) is 3.60. The molecule has 1 fully saturated rings. The highest BCUT2D eigenvalue weighted by Crippen LogP contribution is 2.60. The number of H-pyrrole nitrogens is 1. The van der Waals surface area contributed by atoms with Gasteiger partial charge in [-0.3, -0.25) is 28.2 Å². The van der Waals surface area contributed by atoms with Crippen molar-refractivity contribution in [3.63, 3.8) is 0 Å². The van der Waals surface area contributed by atoms with Crippen molar-refractivity contribution in [2.45, 2.75) is 56.3 Å². The van der Waals surface area contributed by atoms with E-state index in [0.717, 1.165) is 22.0 Å². The van der Waals surface area contributed by atoms with Crippen molar-refractivity contribution < 1.29 is 52.0 Å². The molecule has 1 saturated heterocycles. The van der Waals surface area contributed by atoms with Crippen LogP contribution < -0.4 is 16.6 Å². The molecule has 2 aromatic carbocycles. The number of nitrogens with one attached hydrogen (secondary N) is 2. The number of fused-ring (bicyclic) bond motifs is 1. The first-order valence-electron chi connectivity index (χ1n) is 15.1. The van der Waals surface area contributed by atoms with Crippen LogP contribution in [0, 0.1) is 0 Å². The number of aliphatic hydroxyl groups excluding tert-OH is 2. The molecule has 18 nitrogen and oxygen atoms in total. The number of carbonyl (C=O) groups excluding carboxylic acids is 1. The second kappa shape index (κ2) is 15.8. The van der Waals surface area contributed by atoms with E-state index in [9.17, 15) is 38.7 Å². The fourth-order valence-electron chi connectivity index (χ4n) is 5.19. The normalized spacial score (nSPS) is 22.4. The summed E-state index contributed by atoms with van der Waals surface area (Å²) in [7, 11) is -10.4. The monoisotopic (exact) mass is 722 g/mol. The number of nitrogens with zero attached hydrogens (tertiary/aromatic N) is 3. The molecule has 1 amide bonds. The van der Waals surface area contributed by atoms with Gasteiger partial charge < -0.3 is 35.8 Å². The Morgan fingerprint density at radius 3 is 2.41 bits per heavy atom. The number of carbonyl (C=O) groups is 1. The molecule has 0 radical (unpaired) electrons. The number of anilines is 1. The second-order valence-electron chi connectivity index (χ2n) is 11.1. The molecular weight excluding hydrogens is 686 g/mol. The summed E-state index contributed by atoms with van der Waals surface area (Å²) in [6.45, 7) is -1.25. The highest BCUT2D eigenvalue weighted by Gasteiger charge is 2.46. The maximum absolute atomic E-state index is 12.7. The van der Waals surface area contributed by atoms with E-state index in [1.165, 1.54) is 0 Å². The van der Waals surface area contributed by atoms with Gasteiger partial charge in [0.2, 0.25) is 11.9 Å². The van der Waals surface area contributed by atoms with E-state index in [2.05, 4.69) is 24.6 Å². The van der Waals surface area contributed by atoms with E-state index >= 15 is 0 Å². The number of rotatable bonds is 16. The van der Waals surface area contributed by atoms with Gasteiger partial charge in [-0.25, -0.2) is 14.1 Å². The third-order valence-electron chi connectivity index (χ3n) is 7.54. The molecule has 0 saturated carbocycles. The van der Waals surface area contributed by atoms with E-state index in [1.807, 2.05) is 60.7 Å². The Morgan fingerprint density at radius 1 is 1.02 bits per heavy atom. The Balaban J connectivity index is 1.06. The molecule has 0 spiro atoms. The number of hydrogen-bond acceptors (Lipinski definition) is 13. The number of phosphoric ester groups is 2. The average molecular weight is 723 g/mol. The predicted octanol–water partition coefficient (Wildman–Crippen LogP) is 1.84. The smallest absolute Gasteiger partial charge is 0.387 e. The Hall–Kier alpha value is -3.80. The molecule has 5 rings (SSSR count). The zero-order chi connectivity index (χ0) is 35.2. The third-order valence-corrected chi connectivity index (χ3v) is 10.2. The number of hydrogen-bond donors (Lipinski definition) is 7. The van der Waals surface area contributed by atoms with Crippen molar-refractivity contribution in [1.29, 1.82) is 0 Å². The van der Waals surface area contributed by atoms with Crippen molar-refractivity contribution >= 4 is 38.7 Å². The van der Waals surface area contributed by atoms with Crippen LogP contribution in [0.1, 0.15) is 42.7 Å². The molecule has 2 aromatic heterocycles. The van der Waals surface area contributed by atoms with Crippen molar-refractivity contribution in [2.75, 3.05) is 18.9 Å². The number of benzene rings is 2. The SMILES string of the molecule is Nc1nc2c(ncn2[C@@H]2O[C@H](COP(=O)(O)OP(=O)(O)OCCCCC(=O)NC(Cc3ccccc3)c3ccccc3)[C@@H](O)[C@H]2O)c(=O)[nH]1. The third kappa shape index (κ3) is 9.67. The summed E-state index contributed by atoms with van der Waals surface area (Å²) in [5.41, 5.74) is 6.73. The van der Waals surface area contributed by atoms with Crippen LogP contribution >= 0.6 is 15.6 Å². The minimum atomic E-state index is -5.26. The number of imidazole rings is 1. The van der Waals surface area contributed by atoms with Crippen LogP contribution in [0.4, 0.5) is 5.95 Å². The van der Waals surface area contributed by atoms with Crippen molar-refractivity contribution in [2.24, 2.45) is 0 Å². The van der Waals surface area contributed by atoms with Gasteiger partial charge in [0.15, 0.2) is 17.4 Å². The van der Waals surface area contributed by atoms with E-state index < -0.39 is 52.4 Å². The number of nitrogen functional groups attached to an aromatic ring is 1. The standard InChI is InChI=1S/C29H36N6O12P2/c30-29-33-26-23(27(39)34-29)31-17-35(26)28-25(38)24(37)21(46-28)16-45-49(42,43)47-48(40,41)44-14-8-7-13-22(36)32-20(19-11-5-2-6-12-19)15-18-9-3-1-4-10-18/h1-6,9-12,17,20-21,24-25,28,37-38H,7-8,13-16H2,(H,32,36)(H,40,41)(H,42,43)(H3,30,33,34,39)/t20?,21-,24-,25-,28-/m1/s1. The number of phosphoric acid groups is 2. The molecule has 20 heteroatoms. The molecule has 0 bridgehead atoms. The number of ether oxygens (including phenoxy) is 1. The number of nitrogens with two attached hydrogens (primary N) is 1. The maximum atomic E-state index is 12.7. The summed E-state index contributed by atoms with van der Waals surface area (Å²) in [4.78, 5) is 54.9. The van der Waals surface area contributed by atoms with Gasteiger partial charge in [0.1, 0.15) is 18.3 Å². The Morgan fingerprint density at radius 2 is 1.69 bits per heavy atom. The molecule has 3 heterocycles. The number of aliphatic hydroxyl groups is 2. The summed E-state index contributed by atoms with van der Waals surface area (Å²) in [6, 6.07) is 18.9. The Labute approximate surface area is 279 Å². The second-order valence-corrected chi connectivity index (χ2v) is 14.2. The fourth-order valence-corrected chi connectivity index (χ4v) is 7.31. The molecule has 49 heavy (non-hydrogen) atoms. The lowest BCUT2D eigenvalue weighted by atomic mass is 9.98. The van der Waals surface area contributed by atoms with Crippen LogP contribution in [0.3, 0.4) is 0 Å². The van der Waals surface area contributed by atoms with Crippen LogP contribution in [0.5, 0.6) is 0 Å². The first kappa shape index (κ1) is 36.5. The molecule has 1 aliphatic heterocycles. The first-order valence-corrected chi connectivity index (χ1v) is 18.1. The molecule has 4 aromatic rings. The van der Waals surface area contributed by atoms with Gasteiger partial charge >= 0.3 is 15.6 Å². The predicted molar refractivity (Wildman–Crippen MR) is 172 cm³/mol. The molecule has 8 N–H and O–H groups in total. The molecule has 7 atom stereocenters. The summed E-state index contributed by atoms with van der Waals surface area (Å²) in [5, 5.41) is 24.0. The van der Waals surface area contributed by atoms with Crippen molar-refractivity contribution in [3.8, 4) is 0 Å². The van der Waals surface area contributed by atoms with Gasteiger partial charge in [-0.2, -0.15) is 9.29 Å². The summed E-state index contributed by atoms with van der Waals surface area (Å²) in [6.07, 6.45) is -3.88. The van der Waals surface area contributed by atoms with Crippen LogP contribution in [0.2, 0.25) is 0 Å². The lowest BCUT2D eigenvalue weighted by Crippen LogP contribution is -2.33. The largest absolute Gasteiger partial charge is 0.481 e. The van der Waals surface area contributed by atoms with Gasteiger partial charge in [-0.1, -0.05) is 60.7 Å². The summed E-state index contributed by atoms with van der Waals surface area (Å²) in [5.74, 6) is -0.473. The van der Waals surface area contributed by atoms with Crippen LogP contribution in [0.25, 0.3) is 11.2 Å². The molecular formula is C29H36N6O12P2. The van der Waals surface area contributed by atoms with Gasteiger partial charge in [0.25, 0.3) is 5.56 Å². The van der Waals surface area contributed by atoms with Gasteiger partial charge in [-0.15, -0.1) is 0 Å². The summed E-state index contributed by atoms with van der Waals surface area (Å²) < 4.78 is 45.3. The van der Waals surface area contributed by atoms with E-state index in [1.54, 1.807) is 0 Å². The topological polar surface area (TPSA) is 271 Å². The lowest BCUT2D eigenvalue weighted by molar-refractivity contribution is -0.122. The zero-order valence-electron chi connectivity index (χ0n) is 25.8.